The van der Waals surface area contributed by atoms with Gasteiger partial charge in [-0.2, -0.15) is 0 Å². The van der Waals surface area contributed by atoms with Crippen molar-refractivity contribution in [1.29, 1.82) is 0 Å². The minimum atomic E-state index is -0.129. The molecule has 1 aromatic rings. The second-order valence-electron chi connectivity index (χ2n) is 5.39. The minimum absolute atomic E-state index is 0.0997. The van der Waals surface area contributed by atoms with E-state index in [4.69, 9.17) is 4.74 Å². The number of carbonyl (C=O) groups excluding carboxylic acids is 1. The highest BCUT2D eigenvalue weighted by molar-refractivity contribution is 5.91. The maximum absolute atomic E-state index is 11.9. The summed E-state index contributed by atoms with van der Waals surface area (Å²) < 4.78 is 5.63. The van der Waals surface area contributed by atoms with Crippen LogP contribution in [0.1, 0.15) is 26.7 Å². The van der Waals surface area contributed by atoms with Gasteiger partial charge in [-0.05, 0) is 51.9 Å². The van der Waals surface area contributed by atoms with E-state index >= 15 is 0 Å². The topological polar surface area (TPSA) is 66.5 Å². The molecule has 6 heteroatoms. The summed E-state index contributed by atoms with van der Waals surface area (Å²) in [5, 5.41) is 6.10. The van der Waals surface area contributed by atoms with E-state index in [0.29, 0.717) is 5.69 Å². The zero-order valence-electron chi connectivity index (χ0n) is 13.5. The Balaban J connectivity index is 1.78. The molecule has 1 saturated heterocycles. The van der Waals surface area contributed by atoms with E-state index in [-0.39, 0.29) is 18.6 Å². The monoisotopic (exact) mass is 306 g/mol. The van der Waals surface area contributed by atoms with Gasteiger partial charge in [0.15, 0.2) is 0 Å². The number of hydrogen-bond donors (Lipinski definition) is 2. The van der Waals surface area contributed by atoms with Crippen molar-refractivity contribution in [2.24, 2.45) is 0 Å². The van der Waals surface area contributed by atoms with Crippen LogP contribution in [0, 0.1) is 0 Å². The van der Waals surface area contributed by atoms with Crippen LogP contribution in [-0.4, -0.2) is 49.8 Å². The van der Waals surface area contributed by atoms with Crippen LogP contribution in [-0.2, 0) is 9.53 Å². The summed E-state index contributed by atoms with van der Waals surface area (Å²) in [7, 11) is 0. The zero-order chi connectivity index (χ0) is 15.8. The Morgan fingerprint density at radius 2 is 2.09 bits per heavy atom. The number of nitrogens with zero attached hydrogens (tertiary/aromatic N) is 2. The number of nitrogens with one attached hydrogen (secondary N) is 2. The molecule has 0 unspecified atom stereocenters. The Kier molecular flexibility index (Phi) is 6.61. The van der Waals surface area contributed by atoms with Gasteiger partial charge in [0.2, 0.25) is 5.91 Å². The van der Waals surface area contributed by atoms with Gasteiger partial charge < -0.3 is 20.3 Å². The largest absolute Gasteiger partial charge is 0.368 e. The van der Waals surface area contributed by atoms with Crippen LogP contribution in [0.3, 0.4) is 0 Å². The standard InChI is InChI=1S/C16H26N4O2/c1-3-20(4-2)15-6-5-13(11-18-15)19-16(21)12-22-14-7-9-17-10-8-14/h5-6,11,14,17H,3-4,7-10,12H2,1-2H3,(H,19,21). The van der Waals surface area contributed by atoms with E-state index in [1.165, 1.54) is 0 Å². The fraction of sp³-hybridized carbons (Fsp3) is 0.625. The molecule has 122 valence electrons. The Bertz CT molecular complexity index is 454. The van der Waals surface area contributed by atoms with E-state index in [0.717, 1.165) is 44.8 Å². The van der Waals surface area contributed by atoms with Crippen LogP contribution in [0.2, 0.25) is 0 Å². The van der Waals surface area contributed by atoms with Gasteiger partial charge in [-0.15, -0.1) is 0 Å². The van der Waals surface area contributed by atoms with Crippen LogP contribution in [0.25, 0.3) is 0 Å². The fourth-order valence-electron chi connectivity index (χ4n) is 2.55. The molecule has 22 heavy (non-hydrogen) atoms. The number of piperidine rings is 1. The highest BCUT2D eigenvalue weighted by Crippen LogP contribution is 2.14. The van der Waals surface area contributed by atoms with Crippen molar-refractivity contribution in [1.82, 2.24) is 10.3 Å². The van der Waals surface area contributed by atoms with E-state index < -0.39 is 0 Å². The molecule has 0 aliphatic carbocycles. The van der Waals surface area contributed by atoms with Crippen LogP contribution in [0.4, 0.5) is 11.5 Å². The van der Waals surface area contributed by atoms with Crippen LogP contribution in [0.15, 0.2) is 18.3 Å². The molecule has 6 nitrogen and oxygen atoms in total. The number of pyridine rings is 1. The summed E-state index contributed by atoms with van der Waals surface area (Å²) in [5.74, 6) is 0.796. The van der Waals surface area contributed by atoms with Gasteiger partial charge in [-0.1, -0.05) is 0 Å². The number of rotatable bonds is 7. The quantitative estimate of drug-likeness (QED) is 0.801. The molecule has 1 aromatic heterocycles. The molecule has 1 amide bonds. The Labute approximate surface area is 132 Å². The zero-order valence-corrected chi connectivity index (χ0v) is 13.5. The molecule has 2 N–H and O–H groups in total. The summed E-state index contributed by atoms with van der Waals surface area (Å²) in [6.45, 7) is 8.05. The Hall–Kier alpha value is -1.66. The average Bonchev–Trinajstić information content (AvgIpc) is 2.56. The van der Waals surface area contributed by atoms with Crippen molar-refractivity contribution in [2.75, 3.05) is 43.0 Å². The smallest absolute Gasteiger partial charge is 0.250 e. The lowest BCUT2D eigenvalue weighted by Crippen LogP contribution is -2.34. The molecular weight excluding hydrogens is 280 g/mol. The third kappa shape index (κ3) is 4.96. The van der Waals surface area contributed by atoms with Crippen LogP contribution >= 0.6 is 0 Å². The molecule has 0 aromatic carbocycles. The Morgan fingerprint density at radius 1 is 1.36 bits per heavy atom. The van der Waals surface area contributed by atoms with Gasteiger partial charge >= 0.3 is 0 Å². The molecule has 0 bridgehead atoms. The molecular formula is C16H26N4O2. The molecule has 0 saturated carbocycles. The normalized spacial score (nSPS) is 15.5. The molecule has 2 rings (SSSR count). The minimum Gasteiger partial charge on any atom is -0.368 e. The van der Waals surface area contributed by atoms with Gasteiger partial charge in [-0.3, -0.25) is 4.79 Å². The van der Waals surface area contributed by atoms with Crippen molar-refractivity contribution in [3.8, 4) is 0 Å². The summed E-state index contributed by atoms with van der Waals surface area (Å²) in [5.41, 5.74) is 0.704. The van der Waals surface area contributed by atoms with Crippen molar-refractivity contribution >= 4 is 17.4 Å². The van der Waals surface area contributed by atoms with E-state index in [9.17, 15) is 4.79 Å². The Morgan fingerprint density at radius 3 is 2.68 bits per heavy atom. The maximum Gasteiger partial charge on any atom is 0.250 e. The van der Waals surface area contributed by atoms with Crippen LogP contribution in [0.5, 0.6) is 0 Å². The number of aromatic nitrogens is 1. The van der Waals surface area contributed by atoms with Gasteiger partial charge in [0.05, 0.1) is 18.0 Å². The predicted octanol–water partition coefficient (Wildman–Crippen LogP) is 1.63. The predicted molar refractivity (Wildman–Crippen MR) is 88.3 cm³/mol. The number of anilines is 2. The van der Waals surface area contributed by atoms with Crippen LogP contribution < -0.4 is 15.5 Å². The summed E-state index contributed by atoms with van der Waals surface area (Å²) in [6.07, 6.45) is 3.81. The second kappa shape index (κ2) is 8.70. The lowest BCUT2D eigenvalue weighted by Gasteiger charge is -2.22. The molecule has 0 radical (unpaired) electrons. The lowest BCUT2D eigenvalue weighted by molar-refractivity contribution is -0.123. The van der Waals surface area contributed by atoms with Crippen molar-refractivity contribution in [3.63, 3.8) is 0 Å². The first-order valence-corrected chi connectivity index (χ1v) is 8.06. The van der Waals surface area contributed by atoms with Gasteiger partial charge in [-0.25, -0.2) is 4.98 Å². The maximum atomic E-state index is 11.9. The molecule has 0 atom stereocenters. The number of carbonyl (C=O) groups is 1. The van der Waals surface area contributed by atoms with Gasteiger partial charge in [0.25, 0.3) is 0 Å². The van der Waals surface area contributed by atoms with Crippen molar-refractivity contribution < 1.29 is 9.53 Å². The van der Waals surface area contributed by atoms with Crippen molar-refractivity contribution in [2.45, 2.75) is 32.8 Å². The number of ether oxygens (including phenoxy) is 1. The first kappa shape index (κ1) is 16.7. The fourth-order valence-corrected chi connectivity index (χ4v) is 2.55. The number of hydrogen-bond acceptors (Lipinski definition) is 5. The van der Waals surface area contributed by atoms with Gasteiger partial charge in [0, 0.05) is 13.1 Å². The average molecular weight is 306 g/mol. The van der Waals surface area contributed by atoms with E-state index in [1.807, 2.05) is 12.1 Å². The number of amides is 1. The highest BCUT2D eigenvalue weighted by Gasteiger charge is 2.15. The first-order valence-electron chi connectivity index (χ1n) is 8.06. The molecule has 1 aliphatic rings. The lowest BCUT2D eigenvalue weighted by atomic mass is 10.1. The third-order valence-electron chi connectivity index (χ3n) is 3.86. The highest BCUT2D eigenvalue weighted by atomic mass is 16.5. The summed E-state index contributed by atoms with van der Waals surface area (Å²) in [4.78, 5) is 18.4. The van der Waals surface area contributed by atoms with Crippen molar-refractivity contribution in [3.05, 3.63) is 18.3 Å². The summed E-state index contributed by atoms with van der Waals surface area (Å²) in [6, 6.07) is 3.80. The first-order chi connectivity index (χ1) is 10.7. The molecule has 1 fully saturated rings. The second-order valence-corrected chi connectivity index (χ2v) is 5.39. The molecule has 2 heterocycles. The van der Waals surface area contributed by atoms with E-state index in [2.05, 4.69) is 34.4 Å². The van der Waals surface area contributed by atoms with E-state index in [1.54, 1.807) is 6.20 Å². The molecule has 0 spiro atoms. The summed E-state index contributed by atoms with van der Waals surface area (Å²) >= 11 is 0. The third-order valence-corrected chi connectivity index (χ3v) is 3.86. The molecule has 1 aliphatic heterocycles. The van der Waals surface area contributed by atoms with Gasteiger partial charge in [0.1, 0.15) is 12.4 Å². The SMILES string of the molecule is CCN(CC)c1ccc(NC(=O)COC2CCNCC2)cn1.